The molecule has 0 saturated heterocycles. The van der Waals surface area contributed by atoms with Gasteiger partial charge in [0, 0.05) is 19.8 Å². The number of nitrogens with zero attached hydrogens (tertiary/aromatic N) is 1. The molecule has 0 aliphatic carbocycles. The molecule has 1 rings (SSSR count). The van der Waals surface area contributed by atoms with Crippen LogP contribution >= 0.6 is 0 Å². The lowest BCUT2D eigenvalue weighted by atomic mass is 10.3. The van der Waals surface area contributed by atoms with E-state index >= 15 is 0 Å². The Bertz CT molecular complexity index is 725. The predicted molar refractivity (Wildman–Crippen MR) is 77.0 cm³/mol. The molecule has 118 valence electrons. The summed E-state index contributed by atoms with van der Waals surface area (Å²) in [7, 11) is -4.81. The van der Waals surface area contributed by atoms with Crippen LogP contribution in [0.15, 0.2) is 29.2 Å². The second kappa shape index (κ2) is 6.41. The van der Waals surface area contributed by atoms with E-state index in [1.54, 1.807) is 0 Å². The summed E-state index contributed by atoms with van der Waals surface area (Å²) in [5.74, 6) is -1.82. The van der Waals surface area contributed by atoms with Gasteiger partial charge < -0.3 is 5.11 Å². The topological polar surface area (TPSA) is 121 Å². The van der Waals surface area contributed by atoms with E-state index in [2.05, 4.69) is 4.72 Å². The molecule has 21 heavy (non-hydrogen) atoms. The minimum Gasteiger partial charge on any atom is -0.481 e. The van der Waals surface area contributed by atoms with Crippen molar-refractivity contribution in [2.75, 3.05) is 24.6 Å². The molecule has 2 N–H and O–H groups in total. The van der Waals surface area contributed by atoms with E-state index < -0.39 is 38.2 Å². The Balaban J connectivity index is 3.00. The molecule has 1 aromatic rings. The third kappa shape index (κ3) is 4.99. The molecule has 0 aromatic heterocycles. The molecule has 0 radical (unpaired) electrons. The molecular weight excluding hydrogens is 320 g/mol. The average molecular weight is 336 g/mol. The monoisotopic (exact) mass is 336 g/mol. The number of hydrogen-bond acceptors (Lipinski definition) is 5. The van der Waals surface area contributed by atoms with Crippen LogP contribution in [0.4, 0.5) is 5.69 Å². The molecule has 0 saturated carbocycles. The first-order valence-electron chi connectivity index (χ1n) is 5.79. The second-order valence-electron chi connectivity index (χ2n) is 4.38. The summed E-state index contributed by atoms with van der Waals surface area (Å²) in [5.41, 5.74) is 0.0586. The van der Waals surface area contributed by atoms with Gasteiger partial charge in [0.1, 0.15) is 0 Å². The smallest absolute Gasteiger partial charge is 0.304 e. The molecule has 0 aliphatic heterocycles. The Kier molecular flexibility index (Phi) is 5.31. The highest BCUT2D eigenvalue weighted by Crippen LogP contribution is 2.19. The van der Waals surface area contributed by atoms with Gasteiger partial charge in [-0.05, 0) is 18.2 Å². The van der Waals surface area contributed by atoms with E-state index in [0.717, 1.165) is 4.31 Å². The fourth-order valence-electron chi connectivity index (χ4n) is 1.38. The fourth-order valence-corrected chi connectivity index (χ4v) is 3.36. The number of benzene rings is 1. The lowest BCUT2D eigenvalue weighted by Gasteiger charge is -2.13. The Labute approximate surface area is 123 Å². The Morgan fingerprint density at radius 3 is 2.38 bits per heavy atom. The minimum absolute atomic E-state index is 0.0586. The van der Waals surface area contributed by atoms with Crippen molar-refractivity contribution in [2.24, 2.45) is 0 Å². The molecule has 0 spiro atoms. The molecule has 0 bridgehead atoms. The SMILES string of the molecule is CN(C)S(=O)(=O)c1cccc(NS(=O)(=O)CCC(=O)O)c1. The number of hydrogen-bond donors (Lipinski definition) is 2. The highest BCUT2D eigenvalue weighted by Gasteiger charge is 2.19. The van der Waals surface area contributed by atoms with Gasteiger partial charge in [-0.1, -0.05) is 6.07 Å². The third-order valence-electron chi connectivity index (χ3n) is 2.47. The van der Waals surface area contributed by atoms with Crippen LogP contribution < -0.4 is 4.72 Å². The molecule has 8 nitrogen and oxygen atoms in total. The zero-order valence-electron chi connectivity index (χ0n) is 11.5. The third-order valence-corrected chi connectivity index (χ3v) is 5.57. The van der Waals surface area contributed by atoms with Crippen LogP contribution in [0.1, 0.15) is 6.42 Å². The molecule has 0 amide bonds. The zero-order chi connectivity index (χ0) is 16.3. The van der Waals surface area contributed by atoms with Gasteiger partial charge in [0.2, 0.25) is 20.0 Å². The summed E-state index contributed by atoms with van der Waals surface area (Å²) in [5, 5.41) is 8.48. The molecule has 0 unspecified atom stereocenters. The number of carboxylic acid groups (broad SMARTS) is 1. The molecular formula is C11H16N2O6S2. The standard InChI is InChI=1S/C11H16N2O6S2/c1-13(2)21(18,19)10-5-3-4-9(8-10)12-20(16,17)7-6-11(14)15/h3-5,8,12H,6-7H2,1-2H3,(H,14,15). The highest BCUT2D eigenvalue weighted by atomic mass is 32.2. The van der Waals surface area contributed by atoms with Crippen molar-refractivity contribution in [3.8, 4) is 0 Å². The maximum Gasteiger partial charge on any atom is 0.304 e. The summed E-state index contributed by atoms with van der Waals surface area (Å²) >= 11 is 0. The van der Waals surface area contributed by atoms with Gasteiger partial charge in [-0.3, -0.25) is 9.52 Å². The van der Waals surface area contributed by atoms with Crippen molar-refractivity contribution in [1.29, 1.82) is 0 Å². The Morgan fingerprint density at radius 2 is 1.86 bits per heavy atom. The first-order chi connectivity index (χ1) is 9.54. The fraction of sp³-hybridized carbons (Fsp3) is 0.364. The second-order valence-corrected chi connectivity index (χ2v) is 8.37. The van der Waals surface area contributed by atoms with Gasteiger partial charge in [0.25, 0.3) is 0 Å². The zero-order valence-corrected chi connectivity index (χ0v) is 13.1. The van der Waals surface area contributed by atoms with Crippen molar-refractivity contribution in [2.45, 2.75) is 11.3 Å². The van der Waals surface area contributed by atoms with Crippen LogP contribution in [0, 0.1) is 0 Å². The average Bonchev–Trinajstić information content (AvgIpc) is 2.36. The van der Waals surface area contributed by atoms with Gasteiger partial charge in [-0.2, -0.15) is 0 Å². The number of carboxylic acids is 1. The van der Waals surface area contributed by atoms with Gasteiger partial charge >= 0.3 is 5.97 Å². The number of carbonyl (C=O) groups is 1. The van der Waals surface area contributed by atoms with Crippen LogP contribution in [-0.4, -0.2) is 52.1 Å². The van der Waals surface area contributed by atoms with Crippen LogP contribution in [0.5, 0.6) is 0 Å². The molecule has 0 heterocycles. The summed E-state index contributed by atoms with van der Waals surface area (Å²) < 4.78 is 50.4. The lowest BCUT2D eigenvalue weighted by molar-refractivity contribution is -0.136. The van der Waals surface area contributed by atoms with Gasteiger partial charge in [-0.25, -0.2) is 21.1 Å². The predicted octanol–water partition coefficient (Wildman–Crippen LogP) is 0.153. The van der Waals surface area contributed by atoms with E-state index in [1.165, 1.54) is 38.4 Å². The summed E-state index contributed by atoms with van der Waals surface area (Å²) in [6, 6.07) is 5.29. The highest BCUT2D eigenvalue weighted by molar-refractivity contribution is 7.92. The van der Waals surface area contributed by atoms with Gasteiger partial charge in [-0.15, -0.1) is 0 Å². The normalized spacial score (nSPS) is 12.3. The van der Waals surface area contributed by atoms with Crippen LogP contribution in [-0.2, 0) is 24.8 Å². The van der Waals surface area contributed by atoms with E-state index in [9.17, 15) is 21.6 Å². The van der Waals surface area contributed by atoms with Crippen molar-refractivity contribution in [3.63, 3.8) is 0 Å². The lowest BCUT2D eigenvalue weighted by Crippen LogP contribution is -2.23. The number of aliphatic carboxylic acids is 1. The number of anilines is 1. The first kappa shape index (κ1) is 17.4. The number of sulfonamides is 2. The van der Waals surface area contributed by atoms with E-state index in [-0.39, 0.29) is 10.6 Å². The van der Waals surface area contributed by atoms with Gasteiger partial charge in [0.15, 0.2) is 0 Å². The van der Waals surface area contributed by atoms with E-state index in [1.807, 2.05) is 0 Å². The molecule has 1 aromatic carbocycles. The largest absolute Gasteiger partial charge is 0.481 e. The minimum atomic E-state index is -3.85. The van der Waals surface area contributed by atoms with Crippen molar-refractivity contribution in [3.05, 3.63) is 24.3 Å². The Hall–Kier alpha value is -1.65. The number of nitrogens with one attached hydrogen (secondary N) is 1. The molecule has 0 fully saturated rings. The van der Waals surface area contributed by atoms with Crippen molar-refractivity contribution < 1.29 is 26.7 Å². The van der Waals surface area contributed by atoms with Gasteiger partial charge in [0.05, 0.1) is 17.1 Å². The maximum atomic E-state index is 11.9. The molecule has 10 heteroatoms. The summed E-state index contributed by atoms with van der Waals surface area (Å²) in [6.07, 6.45) is -0.537. The number of rotatable bonds is 7. The quantitative estimate of drug-likeness (QED) is 0.731. The summed E-state index contributed by atoms with van der Waals surface area (Å²) in [6.45, 7) is 0. The maximum absolute atomic E-state index is 11.9. The van der Waals surface area contributed by atoms with Crippen molar-refractivity contribution >= 4 is 31.7 Å². The van der Waals surface area contributed by atoms with E-state index in [0.29, 0.717) is 0 Å². The van der Waals surface area contributed by atoms with Crippen molar-refractivity contribution in [1.82, 2.24) is 4.31 Å². The molecule has 0 atom stereocenters. The van der Waals surface area contributed by atoms with Crippen LogP contribution in [0.25, 0.3) is 0 Å². The van der Waals surface area contributed by atoms with Crippen LogP contribution in [0.2, 0.25) is 0 Å². The van der Waals surface area contributed by atoms with E-state index in [4.69, 9.17) is 5.11 Å². The Morgan fingerprint density at radius 1 is 1.24 bits per heavy atom. The first-order valence-corrected chi connectivity index (χ1v) is 8.89. The summed E-state index contributed by atoms with van der Waals surface area (Å²) in [4.78, 5) is 10.3. The van der Waals surface area contributed by atoms with Crippen LogP contribution in [0.3, 0.4) is 0 Å². The molecule has 0 aliphatic rings.